The Balaban J connectivity index is 2.05. The number of ether oxygens (including phenoxy) is 2. The van der Waals surface area contributed by atoms with E-state index >= 15 is 0 Å². The van der Waals surface area contributed by atoms with E-state index in [4.69, 9.17) is 16.6 Å². The molecule has 0 unspecified atom stereocenters. The molecule has 0 bridgehead atoms. The number of imide groups is 1. The van der Waals surface area contributed by atoms with Crippen molar-refractivity contribution >= 4 is 46.3 Å². The van der Waals surface area contributed by atoms with E-state index in [0.29, 0.717) is 17.6 Å². The van der Waals surface area contributed by atoms with Gasteiger partial charge >= 0.3 is 5.97 Å². The quantitative estimate of drug-likeness (QED) is 0.194. The fourth-order valence-electron chi connectivity index (χ4n) is 1.18. The molecule has 1 fully saturated rings. The molecular weight excluding hydrogens is 293 g/mol. The topological polar surface area (TPSA) is 82.1 Å². The van der Waals surface area contributed by atoms with Gasteiger partial charge in [-0.05, 0) is 0 Å². The predicted octanol–water partition coefficient (Wildman–Crippen LogP) is 0.0492. The maximum Gasteiger partial charge on any atom is 0.358 e. The van der Waals surface area contributed by atoms with Gasteiger partial charge in [-0.3, -0.25) is 9.59 Å². The fourth-order valence-corrected chi connectivity index (χ4v) is 1.79. The molecule has 0 spiro atoms. The van der Waals surface area contributed by atoms with Crippen LogP contribution in [0.1, 0.15) is 12.8 Å². The number of amides is 2. The number of hydrogen-bond acceptors (Lipinski definition) is 8. The van der Waals surface area contributed by atoms with E-state index in [9.17, 15) is 14.4 Å². The van der Waals surface area contributed by atoms with Crippen LogP contribution in [-0.4, -0.2) is 55.7 Å². The number of hydrogen-bond donors (Lipinski definition) is 0. The van der Waals surface area contributed by atoms with Crippen LogP contribution >= 0.6 is 21.4 Å². The molecule has 2 amide bonds. The summed E-state index contributed by atoms with van der Waals surface area (Å²) in [5, 5.41) is 0.483. The lowest BCUT2D eigenvalue weighted by Gasteiger charge is -2.12. The van der Waals surface area contributed by atoms with Gasteiger partial charge in [0.2, 0.25) is 0 Å². The highest BCUT2D eigenvalue weighted by Gasteiger charge is 2.32. The van der Waals surface area contributed by atoms with Gasteiger partial charge in [0.1, 0.15) is 12.5 Å². The smallest absolute Gasteiger partial charge is 0.358 e. The van der Waals surface area contributed by atoms with Crippen molar-refractivity contribution in [1.29, 1.82) is 0 Å². The van der Waals surface area contributed by atoms with Gasteiger partial charge in [-0.1, -0.05) is 10.8 Å². The maximum atomic E-state index is 11.3. The molecular formula is C9H12BNO6S2. The van der Waals surface area contributed by atoms with Gasteiger partial charge in [0.15, 0.2) is 7.12 Å². The first kappa shape index (κ1) is 16.3. The van der Waals surface area contributed by atoms with Gasteiger partial charge in [0.05, 0.1) is 13.2 Å². The largest absolute Gasteiger partial charge is 0.368 e. The summed E-state index contributed by atoms with van der Waals surface area (Å²) in [5.41, 5.74) is 0. The highest BCUT2D eigenvalue weighted by atomic mass is 33.1. The van der Waals surface area contributed by atoms with E-state index in [1.807, 2.05) is 0 Å². The Bertz CT molecular complexity index is 327. The third kappa shape index (κ3) is 6.32. The first-order valence-electron chi connectivity index (χ1n) is 5.35. The summed E-state index contributed by atoms with van der Waals surface area (Å²) in [7, 11) is 7.59. The summed E-state index contributed by atoms with van der Waals surface area (Å²) in [5.74, 6) is -1.40. The van der Waals surface area contributed by atoms with Gasteiger partial charge in [0.25, 0.3) is 11.8 Å². The molecule has 7 nitrogen and oxygen atoms in total. The number of carbonyl (C=O) groups excluding carboxylic acids is 3. The van der Waals surface area contributed by atoms with Crippen LogP contribution in [0.4, 0.5) is 0 Å². The zero-order valence-electron chi connectivity index (χ0n) is 10.0. The molecule has 19 heavy (non-hydrogen) atoms. The summed E-state index contributed by atoms with van der Waals surface area (Å²) in [6, 6.07) is 0. The van der Waals surface area contributed by atoms with Crippen LogP contribution in [0, 0.1) is 0 Å². The standard InChI is InChI=1S/C9H12BNO6S2/c10-19-18-6-16-4-3-15-5-9(14)17-11-7(12)1-2-8(11)13/h1-6H2. The van der Waals surface area contributed by atoms with Gasteiger partial charge in [-0.25, -0.2) is 4.79 Å². The van der Waals surface area contributed by atoms with Gasteiger partial charge in [0, 0.05) is 12.8 Å². The second-order valence-corrected chi connectivity index (χ2v) is 5.29. The summed E-state index contributed by atoms with van der Waals surface area (Å²) in [4.78, 5) is 38.2. The zero-order valence-corrected chi connectivity index (χ0v) is 11.7. The highest BCUT2D eigenvalue weighted by molar-refractivity contribution is 8.84. The molecule has 0 N–H and O–H groups in total. The minimum absolute atomic E-state index is 0.0671. The Morgan fingerprint density at radius 1 is 1.21 bits per heavy atom. The lowest BCUT2D eigenvalue weighted by Crippen LogP contribution is -2.33. The van der Waals surface area contributed by atoms with E-state index in [2.05, 4.69) is 4.84 Å². The minimum Gasteiger partial charge on any atom is -0.368 e. The number of carbonyl (C=O) groups is 3. The number of rotatable bonds is 9. The van der Waals surface area contributed by atoms with Crippen LogP contribution in [0.15, 0.2) is 0 Å². The number of hydroxylamine groups is 2. The van der Waals surface area contributed by atoms with Gasteiger partial charge < -0.3 is 14.3 Å². The molecule has 10 heteroatoms. The van der Waals surface area contributed by atoms with Crippen LogP contribution in [-0.2, 0) is 28.7 Å². The first-order chi connectivity index (χ1) is 9.15. The van der Waals surface area contributed by atoms with E-state index < -0.39 is 17.8 Å². The molecule has 1 aliphatic heterocycles. The highest BCUT2D eigenvalue weighted by Crippen LogP contribution is 2.14. The van der Waals surface area contributed by atoms with Crippen LogP contribution in [0.2, 0.25) is 0 Å². The van der Waals surface area contributed by atoms with E-state index in [0.717, 1.165) is 10.6 Å². The van der Waals surface area contributed by atoms with E-state index in [1.165, 1.54) is 10.8 Å². The lowest BCUT2D eigenvalue weighted by molar-refractivity contribution is -0.200. The maximum absolute atomic E-state index is 11.3. The predicted molar refractivity (Wildman–Crippen MR) is 69.8 cm³/mol. The molecule has 0 aromatic rings. The Morgan fingerprint density at radius 3 is 2.47 bits per heavy atom. The molecule has 1 aliphatic rings. The Hall–Kier alpha value is -0.705. The molecule has 2 radical (unpaired) electrons. The zero-order chi connectivity index (χ0) is 14.1. The van der Waals surface area contributed by atoms with Crippen molar-refractivity contribution in [2.75, 3.05) is 25.8 Å². The lowest BCUT2D eigenvalue weighted by atomic mass is 10.4. The van der Waals surface area contributed by atoms with Crippen molar-refractivity contribution < 1.29 is 28.7 Å². The molecule has 1 heterocycles. The van der Waals surface area contributed by atoms with Crippen molar-refractivity contribution in [3.63, 3.8) is 0 Å². The van der Waals surface area contributed by atoms with Crippen molar-refractivity contribution in [3.8, 4) is 0 Å². The summed E-state index contributed by atoms with van der Waals surface area (Å²) in [6.07, 6.45) is 0.134. The average Bonchev–Trinajstić information content (AvgIpc) is 2.69. The van der Waals surface area contributed by atoms with Crippen LogP contribution in [0.3, 0.4) is 0 Å². The molecule has 1 rings (SSSR count). The fraction of sp³-hybridized carbons (Fsp3) is 0.667. The van der Waals surface area contributed by atoms with E-state index in [-0.39, 0.29) is 26.1 Å². The van der Waals surface area contributed by atoms with Crippen LogP contribution < -0.4 is 0 Å². The van der Waals surface area contributed by atoms with Crippen molar-refractivity contribution in [1.82, 2.24) is 5.06 Å². The van der Waals surface area contributed by atoms with E-state index in [1.54, 1.807) is 0 Å². The molecule has 104 valence electrons. The third-order valence-corrected chi connectivity index (χ3v) is 3.09. The molecule has 0 saturated carbocycles. The van der Waals surface area contributed by atoms with Crippen molar-refractivity contribution in [2.24, 2.45) is 0 Å². The Labute approximate surface area is 119 Å². The number of nitrogens with zero attached hydrogens (tertiary/aromatic N) is 1. The summed E-state index contributed by atoms with van der Waals surface area (Å²) >= 11 is 0. The SMILES string of the molecule is [B]SSCOCCOCC(=O)ON1C(=O)CCC1=O. The Morgan fingerprint density at radius 2 is 1.84 bits per heavy atom. The van der Waals surface area contributed by atoms with Gasteiger partial charge in [-0.15, -0.1) is 5.06 Å². The second-order valence-electron chi connectivity index (χ2n) is 3.34. The third-order valence-electron chi connectivity index (χ3n) is 1.99. The van der Waals surface area contributed by atoms with Crippen LogP contribution in [0.5, 0.6) is 0 Å². The second kappa shape index (κ2) is 9.24. The minimum atomic E-state index is -0.796. The van der Waals surface area contributed by atoms with Crippen molar-refractivity contribution in [3.05, 3.63) is 0 Å². The average molecular weight is 305 g/mol. The summed E-state index contributed by atoms with van der Waals surface area (Å²) in [6.45, 7) is 0.161. The molecule has 0 atom stereocenters. The molecule has 0 aromatic heterocycles. The molecule has 1 saturated heterocycles. The normalized spacial score (nSPS) is 15.1. The van der Waals surface area contributed by atoms with Gasteiger partial charge in [-0.2, -0.15) is 10.6 Å². The van der Waals surface area contributed by atoms with Crippen LogP contribution in [0.25, 0.3) is 0 Å². The van der Waals surface area contributed by atoms with Crippen molar-refractivity contribution in [2.45, 2.75) is 12.8 Å². The molecule has 0 aliphatic carbocycles. The monoisotopic (exact) mass is 305 g/mol. The summed E-state index contributed by atoms with van der Waals surface area (Å²) < 4.78 is 10.1. The molecule has 0 aromatic carbocycles. The Kier molecular flexibility index (Phi) is 7.95. The first-order valence-corrected chi connectivity index (χ1v) is 7.73.